The van der Waals surface area contributed by atoms with Gasteiger partial charge in [0.25, 0.3) is 5.91 Å². The fourth-order valence-corrected chi connectivity index (χ4v) is 4.02. The number of hydrogen-bond donors (Lipinski definition) is 1. The van der Waals surface area contributed by atoms with E-state index >= 15 is 0 Å². The van der Waals surface area contributed by atoms with Crippen LogP contribution in [0.1, 0.15) is 41.0 Å². The van der Waals surface area contributed by atoms with Gasteiger partial charge in [0.2, 0.25) is 5.91 Å². The molecule has 0 radical (unpaired) electrons. The maximum absolute atomic E-state index is 12.5. The quantitative estimate of drug-likeness (QED) is 0.803. The highest BCUT2D eigenvalue weighted by Crippen LogP contribution is 2.22. The Hall–Kier alpha value is -1.66. The van der Waals surface area contributed by atoms with E-state index in [1.165, 1.54) is 11.3 Å². The molecule has 3 rings (SSSR count). The highest BCUT2D eigenvalue weighted by molar-refractivity contribution is 9.10. The van der Waals surface area contributed by atoms with E-state index in [1.54, 1.807) is 0 Å². The van der Waals surface area contributed by atoms with Gasteiger partial charge in [-0.15, -0.1) is 11.3 Å². The van der Waals surface area contributed by atoms with Crippen LogP contribution < -0.4 is 5.32 Å². The average Bonchev–Trinajstić information content (AvgIpc) is 3.16. The maximum Gasteiger partial charge on any atom is 0.263 e. The lowest BCUT2D eigenvalue weighted by molar-refractivity contribution is -0.126. The summed E-state index contributed by atoms with van der Waals surface area (Å²) in [7, 11) is 0. The third-order valence-corrected chi connectivity index (χ3v) is 6.00. The van der Waals surface area contributed by atoms with Crippen molar-refractivity contribution in [2.75, 3.05) is 13.1 Å². The minimum Gasteiger partial charge on any atom is -0.349 e. The topological polar surface area (TPSA) is 49.4 Å². The number of rotatable bonds is 4. The number of likely N-dealkylation sites (tertiary alicyclic amines) is 1. The molecule has 0 spiro atoms. The molecule has 0 aliphatic carbocycles. The normalized spacial score (nSPS) is 16.5. The van der Waals surface area contributed by atoms with Crippen molar-refractivity contribution in [3.05, 3.63) is 56.7 Å². The molecule has 25 heavy (non-hydrogen) atoms. The highest BCUT2D eigenvalue weighted by Gasteiger charge is 2.28. The summed E-state index contributed by atoms with van der Waals surface area (Å²) >= 11 is 4.89. The number of amides is 2. The van der Waals surface area contributed by atoms with E-state index in [9.17, 15) is 9.59 Å². The second-order valence-corrected chi connectivity index (χ2v) is 8.19. The third-order valence-electron chi connectivity index (χ3n) is 4.61. The molecular weight excluding hydrogens is 400 g/mol. The van der Waals surface area contributed by atoms with Gasteiger partial charge in [0.1, 0.15) is 0 Å². The van der Waals surface area contributed by atoms with Crippen LogP contribution in [0.3, 0.4) is 0 Å². The molecule has 1 aromatic carbocycles. The van der Waals surface area contributed by atoms with Crippen molar-refractivity contribution in [2.24, 2.45) is 5.92 Å². The second-order valence-electron chi connectivity index (χ2n) is 6.33. The molecule has 1 aliphatic heterocycles. The van der Waals surface area contributed by atoms with Gasteiger partial charge in [0.15, 0.2) is 0 Å². The summed E-state index contributed by atoms with van der Waals surface area (Å²) < 4.78 is 1.03. The van der Waals surface area contributed by atoms with Crippen LogP contribution in [-0.4, -0.2) is 29.8 Å². The van der Waals surface area contributed by atoms with Crippen molar-refractivity contribution in [2.45, 2.75) is 25.8 Å². The number of thiophene rings is 1. The molecule has 4 nitrogen and oxygen atoms in total. The van der Waals surface area contributed by atoms with Gasteiger partial charge < -0.3 is 10.2 Å². The van der Waals surface area contributed by atoms with Crippen molar-refractivity contribution < 1.29 is 9.59 Å². The lowest BCUT2D eigenvalue weighted by atomic mass is 9.95. The van der Waals surface area contributed by atoms with E-state index in [4.69, 9.17) is 0 Å². The van der Waals surface area contributed by atoms with Gasteiger partial charge in [-0.25, -0.2) is 0 Å². The van der Waals surface area contributed by atoms with Gasteiger partial charge in [0, 0.05) is 23.5 Å². The number of carbonyl (C=O) groups excluding carboxylic acids is 2. The molecule has 1 unspecified atom stereocenters. The standard InChI is InChI=1S/C19H21BrN2O2S/c1-13(14-4-6-16(20)7-5-14)21-18(23)15-8-10-22(11-9-15)19(24)17-3-2-12-25-17/h2-7,12-13,15H,8-11H2,1H3,(H,21,23). The van der Waals surface area contributed by atoms with Crippen molar-refractivity contribution in [3.63, 3.8) is 0 Å². The lowest BCUT2D eigenvalue weighted by Gasteiger charge is -2.31. The number of halogens is 1. The van der Waals surface area contributed by atoms with Crippen LogP contribution in [0.15, 0.2) is 46.3 Å². The number of carbonyl (C=O) groups is 2. The number of nitrogens with zero attached hydrogens (tertiary/aromatic N) is 1. The summed E-state index contributed by atoms with van der Waals surface area (Å²) in [5.41, 5.74) is 1.09. The molecule has 132 valence electrons. The molecule has 6 heteroatoms. The first-order chi connectivity index (χ1) is 12.0. The van der Waals surface area contributed by atoms with Crippen LogP contribution in [0.25, 0.3) is 0 Å². The maximum atomic E-state index is 12.5. The molecular formula is C19H21BrN2O2S. The molecule has 2 aromatic rings. The highest BCUT2D eigenvalue weighted by atomic mass is 79.9. The second kappa shape index (κ2) is 8.15. The van der Waals surface area contributed by atoms with Crippen molar-refractivity contribution >= 4 is 39.1 Å². The zero-order chi connectivity index (χ0) is 17.8. The van der Waals surface area contributed by atoms with Crippen molar-refractivity contribution in [3.8, 4) is 0 Å². The van der Waals surface area contributed by atoms with Crippen molar-refractivity contribution in [1.29, 1.82) is 0 Å². The molecule has 1 saturated heterocycles. The van der Waals surface area contributed by atoms with Gasteiger partial charge in [-0.2, -0.15) is 0 Å². The zero-order valence-electron chi connectivity index (χ0n) is 14.1. The first kappa shape index (κ1) is 18.1. The zero-order valence-corrected chi connectivity index (χ0v) is 16.5. The Morgan fingerprint density at radius 1 is 1.20 bits per heavy atom. The van der Waals surface area contributed by atoms with E-state index in [1.807, 2.05) is 53.6 Å². The summed E-state index contributed by atoms with van der Waals surface area (Å²) in [6, 6.07) is 11.7. The molecule has 1 N–H and O–H groups in total. The molecule has 0 bridgehead atoms. The fourth-order valence-electron chi connectivity index (χ4n) is 3.07. The minimum absolute atomic E-state index is 0.0219. The van der Waals surface area contributed by atoms with E-state index < -0.39 is 0 Å². The predicted molar refractivity (Wildman–Crippen MR) is 104 cm³/mol. The van der Waals surface area contributed by atoms with Gasteiger partial charge >= 0.3 is 0 Å². The predicted octanol–water partition coefficient (Wildman–Crippen LogP) is 4.24. The van der Waals surface area contributed by atoms with Gasteiger partial charge in [-0.1, -0.05) is 34.1 Å². The number of nitrogens with one attached hydrogen (secondary N) is 1. The average molecular weight is 421 g/mol. The van der Waals surface area contributed by atoms with Crippen LogP contribution in [0.5, 0.6) is 0 Å². The fraction of sp³-hybridized carbons (Fsp3) is 0.368. The number of hydrogen-bond acceptors (Lipinski definition) is 3. The van der Waals surface area contributed by atoms with Crippen LogP contribution in [-0.2, 0) is 4.79 Å². The lowest BCUT2D eigenvalue weighted by Crippen LogP contribution is -2.43. The molecule has 1 atom stereocenters. The van der Waals surface area contributed by atoms with E-state index in [0.29, 0.717) is 13.1 Å². The van der Waals surface area contributed by atoms with Crippen LogP contribution >= 0.6 is 27.3 Å². The molecule has 0 saturated carbocycles. The summed E-state index contributed by atoms with van der Waals surface area (Å²) in [5.74, 6) is 0.140. The van der Waals surface area contributed by atoms with Crippen molar-refractivity contribution in [1.82, 2.24) is 10.2 Å². The molecule has 1 aliphatic rings. The minimum atomic E-state index is -0.0229. The summed E-state index contributed by atoms with van der Waals surface area (Å²) in [6.45, 7) is 3.28. The molecule has 2 amide bonds. The molecule has 1 aromatic heterocycles. The SMILES string of the molecule is CC(NC(=O)C1CCN(C(=O)c2cccs2)CC1)c1ccc(Br)cc1. The largest absolute Gasteiger partial charge is 0.349 e. The summed E-state index contributed by atoms with van der Waals surface area (Å²) in [5, 5.41) is 5.01. The first-order valence-corrected chi connectivity index (χ1v) is 10.1. The summed E-state index contributed by atoms with van der Waals surface area (Å²) in [4.78, 5) is 27.5. The molecule has 1 fully saturated rings. The molecule has 2 heterocycles. The van der Waals surface area contributed by atoms with Crippen LogP contribution in [0.2, 0.25) is 0 Å². The Labute approximate surface area is 160 Å². The van der Waals surface area contributed by atoms with Gasteiger partial charge in [-0.3, -0.25) is 9.59 Å². The third kappa shape index (κ3) is 4.50. The smallest absolute Gasteiger partial charge is 0.263 e. The van der Waals surface area contributed by atoms with Crippen LogP contribution in [0.4, 0.5) is 0 Å². The Morgan fingerprint density at radius 2 is 1.88 bits per heavy atom. The monoisotopic (exact) mass is 420 g/mol. The Bertz CT molecular complexity index is 722. The Balaban J connectivity index is 1.51. The van der Waals surface area contributed by atoms with E-state index in [-0.39, 0.29) is 23.8 Å². The Kier molecular flexibility index (Phi) is 5.91. The van der Waals surface area contributed by atoms with Crippen LogP contribution in [0, 0.1) is 5.92 Å². The Morgan fingerprint density at radius 3 is 2.48 bits per heavy atom. The number of benzene rings is 1. The number of piperidine rings is 1. The van der Waals surface area contributed by atoms with Gasteiger partial charge in [0.05, 0.1) is 10.9 Å². The van der Waals surface area contributed by atoms with E-state index in [2.05, 4.69) is 21.2 Å². The van der Waals surface area contributed by atoms with E-state index in [0.717, 1.165) is 27.8 Å². The van der Waals surface area contributed by atoms with Gasteiger partial charge in [-0.05, 0) is 48.9 Å². The summed E-state index contributed by atoms with van der Waals surface area (Å²) in [6.07, 6.45) is 1.44. The first-order valence-electron chi connectivity index (χ1n) is 8.43.